The van der Waals surface area contributed by atoms with Gasteiger partial charge in [0.1, 0.15) is 5.75 Å². The fraction of sp³-hybridized carbons (Fsp3) is 0.259. The molecule has 0 saturated heterocycles. The molecule has 3 aromatic rings. The van der Waals surface area contributed by atoms with E-state index in [2.05, 4.69) is 25.7 Å². The van der Waals surface area contributed by atoms with Crippen LogP contribution in [0.25, 0.3) is 6.08 Å². The summed E-state index contributed by atoms with van der Waals surface area (Å²) in [5.41, 5.74) is 3.22. The highest BCUT2D eigenvalue weighted by atomic mass is 79.9. The molecule has 0 fully saturated rings. The topological polar surface area (TPSA) is 96.2 Å². The number of aromatic nitrogens is 1. The first-order valence-corrected chi connectivity index (χ1v) is 13.1. The van der Waals surface area contributed by atoms with E-state index in [0.717, 1.165) is 16.7 Å². The normalized spacial score (nSPS) is 15.2. The van der Waals surface area contributed by atoms with Crippen molar-refractivity contribution in [2.24, 2.45) is 4.99 Å². The Morgan fingerprint density at radius 1 is 1.16 bits per heavy atom. The quantitative estimate of drug-likeness (QED) is 0.395. The average Bonchev–Trinajstić information content (AvgIpc) is 3.17. The Balaban J connectivity index is 1.80. The van der Waals surface area contributed by atoms with Crippen LogP contribution in [0.5, 0.6) is 5.75 Å². The lowest BCUT2D eigenvalue weighted by atomic mass is 9.95. The molecule has 10 heteroatoms. The number of rotatable bonds is 7. The van der Waals surface area contributed by atoms with Crippen molar-refractivity contribution in [3.05, 3.63) is 94.6 Å². The molecular weight excluding hydrogens is 560 g/mol. The van der Waals surface area contributed by atoms with Gasteiger partial charge in [-0.2, -0.15) is 0 Å². The van der Waals surface area contributed by atoms with Gasteiger partial charge in [-0.3, -0.25) is 9.36 Å². The van der Waals surface area contributed by atoms with E-state index in [4.69, 9.17) is 9.47 Å². The number of hydrogen-bond donors (Lipinski definition) is 0. The zero-order valence-electron chi connectivity index (χ0n) is 20.7. The van der Waals surface area contributed by atoms with Gasteiger partial charge < -0.3 is 14.2 Å². The maximum atomic E-state index is 13.7. The van der Waals surface area contributed by atoms with E-state index in [-0.39, 0.29) is 18.8 Å². The molecule has 2 aromatic carbocycles. The maximum Gasteiger partial charge on any atom is 0.343 e. The third kappa shape index (κ3) is 5.60. The zero-order chi connectivity index (χ0) is 26.7. The number of benzene rings is 2. The highest BCUT2D eigenvalue weighted by Gasteiger charge is 2.33. The number of carbonyl (C=O) groups excluding carboxylic acids is 2. The molecule has 192 valence electrons. The van der Waals surface area contributed by atoms with Gasteiger partial charge in [-0.1, -0.05) is 47.2 Å². The number of fused-ring (bicyclic) bond motifs is 1. The Bertz CT molecular complexity index is 1570. The van der Waals surface area contributed by atoms with Crippen LogP contribution in [0, 0.1) is 6.92 Å². The van der Waals surface area contributed by atoms with E-state index in [9.17, 15) is 14.4 Å². The molecule has 1 atom stereocenters. The molecule has 1 aromatic heterocycles. The largest absolute Gasteiger partial charge is 0.481 e. The van der Waals surface area contributed by atoms with Crippen LogP contribution in [0.1, 0.15) is 36.6 Å². The predicted octanol–water partition coefficient (Wildman–Crippen LogP) is 3.42. The fourth-order valence-corrected chi connectivity index (χ4v) is 5.48. The first-order chi connectivity index (χ1) is 17.7. The van der Waals surface area contributed by atoms with Crippen LogP contribution in [-0.4, -0.2) is 36.8 Å². The Labute approximate surface area is 225 Å². The van der Waals surface area contributed by atoms with Gasteiger partial charge in [0.2, 0.25) is 0 Å². The number of nitrogens with zero attached hydrogens (tertiary/aromatic N) is 2. The van der Waals surface area contributed by atoms with Gasteiger partial charge in [0, 0.05) is 0 Å². The van der Waals surface area contributed by atoms with Crippen LogP contribution >= 0.6 is 27.3 Å². The summed E-state index contributed by atoms with van der Waals surface area (Å²) in [5, 5.41) is 0. The highest BCUT2D eigenvalue weighted by molar-refractivity contribution is 9.10. The lowest BCUT2D eigenvalue weighted by Crippen LogP contribution is -2.39. The van der Waals surface area contributed by atoms with Crippen LogP contribution < -0.4 is 19.6 Å². The molecule has 0 aliphatic carbocycles. The van der Waals surface area contributed by atoms with Gasteiger partial charge >= 0.3 is 11.9 Å². The summed E-state index contributed by atoms with van der Waals surface area (Å²) in [7, 11) is 1.29. The van der Waals surface area contributed by atoms with Crippen LogP contribution in [0.4, 0.5) is 0 Å². The van der Waals surface area contributed by atoms with E-state index in [1.165, 1.54) is 18.4 Å². The van der Waals surface area contributed by atoms with Crippen molar-refractivity contribution in [3.8, 4) is 5.75 Å². The number of halogens is 1. The van der Waals surface area contributed by atoms with Crippen LogP contribution in [0.2, 0.25) is 0 Å². The molecule has 2 heterocycles. The van der Waals surface area contributed by atoms with Crippen LogP contribution in [-0.2, 0) is 19.1 Å². The Hall–Kier alpha value is -3.50. The second-order valence-corrected chi connectivity index (χ2v) is 10.1. The lowest BCUT2D eigenvalue weighted by molar-refractivity contribution is -0.143. The van der Waals surface area contributed by atoms with E-state index >= 15 is 0 Å². The predicted molar refractivity (Wildman–Crippen MR) is 143 cm³/mol. The Kier molecular flexibility index (Phi) is 8.09. The molecule has 0 amide bonds. The summed E-state index contributed by atoms with van der Waals surface area (Å²) in [5.74, 6) is -0.508. The maximum absolute atomic E-state index is 13.7. The highest BCUT2D eigenvalue weighted by Crippen LogP contribution is 2.31. The fourth-order valence-electron chi connectivity index (χ4n) is 3.93. The number of aryl methyl sites for hydroxylation is 1. The molecule has 1 aliphatic heterocycles. The Morgan fingerprint density at radius 2 is 1.89 bits per heavy atom. The number of methoxy groups -OCH3 is 1. The first kappa shape index (κ1) is 26.6. The standard InChI is InChI=1S/C27H25BrN2O6S/c1-5-35-26(33)23-16(3)29-27-30(24(23)18-9-6-15(2)7-10-18)25(32)21(37-27)13-17-8-11-20(19(28)12-17)36-14-22(31)34-4/h6-13,24H,5,14H2,1-4H3/b21-13+/t24-/m1/s1. The number of thiazole rings is 1. The minimum Gasteiger partial charge on any atom is -0.481 e. The molecule has 8 nitrogen and oxygen atoms in total. The molecule has 1 aliphatic rings. The molecule has 0 bridgehead atoms. The molecular formula is C27H25BrN2O6S. The van der Waals surface area contributed by atoms with Crippen molar-refractivity contribution in [1.82, 2.24) is 4.57 Å². The Morgan fingerprint density at radius 3 is 2.54 bits per heavy atom. The second-order valence-electron chi connectivity index (χ2n) is 8.27. The summed E-state index contributed by atoms with van der Waals surface area (Å²) in [6.45, 7) is 5.48. The SMILES string of the molecule is CCOC(=O)C1=C(C)N=c2s/c(=C/c3ccc(OCC(=O)OC)c(Br)c3)c(=O)n2[C@@H]1c1ccc(C)cc1. The van der Waals surface area contributed by atoms with E-state index in [1.54, 1.807) is 42.7 Å². The van der Waals surface area contributed by atoms with Crippen molar-refractivity contribution in [3.63, 3.8) is 0 Å². The molecule has 0 spiro atoms. The van der Waals surface area contributed by atoms with Gasteiger partial charge in [0.05, 0.1) is 40.0 Å². The van der Waals surface area contributed by atoms with Gasteiger partial charge in [-0.25, -0.2) is 14.6 Å². The molecule has 37 heavy (non-hydrogen) atoms. The van der Waals surface area contributed by atoms with Crippen molar-refractivity contribution in [2.75, 3.05) is 20.3 Å². The minimum absolute atomic E-state index is 0.214. The smallest absolute Gasteiger partial charge is 0.343 e. The van der Waals surface area contributed by atoms with Crippen molar-refractivity contribution < 1.29 is 23.8 Å². The van der Waals surface area contributed by atoms with Crippen LogP contribution in [0.15, 0.2) is 68.0 Å². The van der Waals surface area contributed by atoms with Gasteiger partial charge in [-0.05, 0) is 66.0 Å². The number of hydrogen-bond acceptors (Lipinski definition) is 8. The molecule has 0 N–H and O–H groups in total. The van der Waals surface area contributed by atoms with E-state index < -0.39 is 18.0 Å². The number of esters is 2. The summed E-state index contributed by atoms with van der Waals surface area (Å²) in [4.78, 5) is 43.1. The molecule has 0 saturated carbocycles. The third-order valence-corrected chi connectivity index (χ3v) is 7.34. The van der Waals surface area contributed by atoms with Gasteiger partial charge in [0.15, 0.2) is 11.4 Å². The minimum atomic E-state index is -0.654. The average molecular weight is 585 g/mol. The van der Waals surface area contributed by atoms with E-state index in [0.29, 0.717) is 30.8 Å². The molecule has 4 rings (SSSR count). The summed E-state index contributed by atoms with van der Waals surface area (Å²) < 4.78 is 18.0. The van der Waals surface area contributed by atoms with E-state index in [1.807, 2.05) is 31.2 Å². The lowest BCUT2D eigenvalue weighted by Gasteiger charge is -2.24. The monoisotopic (exact) mass is 584 g/mol. The van der Waals surface area contributed by atoms with Crippen molar-refractivity contribution >= 4 is 45.3 Å². The number of allylic oxidation sites excluding steroid dienone is 1. The summed E-state index contributed by atoms with van der Waals surface area (Å²) >= 11 is 4.70. The van der Waals surface area contributed by atoms with Gasteiger partial charge in [-0.15, -0.1) is 0 Å². The molecule has 0 radical (unpaired) electrons. The zero-order valence-corrected chi connectivity index (χ0v) is 23.1. The number of carbonyl (C=O) groups is 2. The number of ether oxygens (including phenoxy) is 3. The first-order valence-electron chi connectivity index (χ1n) is 11.5. The third-order valence-electron chi connectivity index (χ3n) is 5.74. The second kappa shape index (κ2) is 11.3. The van der Waals surface area contributed by atoms with Crippen molar-refractivity contribution in [2.45, 2.75) is 26.8 Å². The summed E-state index contributed by atoms with van der Waals surface area (Å²) in [6, 6.07) is 12.3. The summed E-state index contributed by atoms with van der Waals surface area (Å²) in [6.07, 6.45) is 1.76. The molecule has 0 unspecified atom stereocenters. The van der Waals surface area contributed by atoms with Crippen molar-refractivity contribution in [1.29, 1.82) is 0 Å². The van der Waals surface area contributed by atoms with Gasteiger partial charge in [0.25, 0.3) is 5.56 Å². The van der Waals surface area contributed by atoms with Crippen LogP contribution in [0.3, 0.4) is 0 Å².